The van der Waals surface area contributed by atoms with E-state index in [1.807, 2.05) is 30.7 Å². The third-order valence-electron chi connectivity index (χ3n) is 3.74. The maximum Gasteiger partial charge on any atom is 0.224 e. The van der Waals surface area contributed by atoms with Crippen LogP contribution in [0.1, 0.15) is 20.8 Å². The third kappa shape index (κ3) is 2.68. The highest BCUT2D eigenvalue weighted by Crippen LogP contribution is 2.26. The Morgan fingerprint density at radius 2 is 2.08 bits per heavy atom. The van der Waals surface area contributed by atoms with Gasteiger partial charge in [-0.2, -0.15) is 10.1 Å². The Labute approximate surface area is 139 Å². The molecular weight excluding hydrogens is 302 g/mol. The van der Waals surface area contributed by atoms with Gasteiger partial charge in [-0.1, -0.05) is 20.8 Å². The molecule has 0 unspecified atom stereocenters. The van der Waals surface area contributed by atoms with Gasteiger partial charge >= 0.3 is 0 Å². The molecule has 122 valence electrons. The van der Waals surface area contributed by atoms with E-state index in [1.54, 1.807) is 10.7 Å². The number of aromatic nitrogens is 6. The van der Waals surface area contributed by atoms with Crippen LogP contribution in [0.15, 0.2) is 36.9 Å². The first kappa shape index (κ1) is 14.6. The van der Waals surface area contributed by atoms with Crippen molar-refractivity contribution in [2.45, 2.75) is 20.8 Å². The van der Waals surface area contributed by atoms with Crippen molar-refractivity contribution >= 4 is 22.6 Å². The Balaban J connectivity index is 1.69. The van der Waals surface area contributed by atoms with Gasteiger partial charge in [-0.05, 0) is 11.5 Å². The second kappa shape index (κ2) is 5.30. The van der Waals surface area contributed by atoms with Crippen LogP contribution in [0.3, 0.4) is 0 Å². The molecule has 2 N–H and O–H groups in total. The smallest absolute Gasteiger partial charge is 0.224 e. The largest absolute Gasteiger partial charge is 0.354 e. The fraction of sp³-hybridized carbons (Fsp3) is 0.294. The highest BCUT2D eigenvalue weighted by atomic mass is 15.2. The molecule has 7 heteroatoms. The van der Waals surface area contributed by atoms with Gasteiger partial charge < -0.3 is 10.3 Å². The predicted molar refractivity (Wildman–Crippen MR) is 93.8 cm³/mol. The average molecular weight is 321 g/mol. The van der Waals surface area contributed by atoms with Crippen molar-refractivity contribution in [2.24, 2.45) is 5.41 Å². The summed E-state index contributed by atoms with van der Waals surface area (Å²) in [6.07, 6.45) is 7.39. The van der Waals surface area contributed by atoms with Gasteiger partial charge in [0.1, 0.15) is 5.65 Å². The SMILES string of the molecule is CC(C)(C)CNc1ncc2c(-c3ccn4nccc4n3)c[nH]c2n1. The van der Waals surface area contributed by atoms with Crippen LogP contribution in [0.4, 0.5) is 5.95 Å². The minimum atomic E-state index is 0.170. The molecule has 0 aliphatic rings. The quantitative estimate of drug-likeness (QED) is 0.605. The molecule has 0 radical (unpaired) electrons. The summed E-state index contributed by atoms with van der Waals surface area (Å²) in [5.74, 6) is 0.630. The van der Waals surface area contributed by atoms with Gasteiger partial charge in [0.25, 0.3) is 0 Å². The highest BCUT2D eigenvalue weighted by molar-refractivity contribution is 5.92. The molecule has 0 aliphatic heterocycles. The molecule has 4 aromatic heterocycles. The summed E-state index contributed by atoms with van der Waals surface area (Å²) < 4.78 is 1.74. The fourth-order valence-electron chi connectivity index (χ4n) is 2.51. The molecule has 0 aromatic carbocycles. The van der Waals surface area contributed by atoms with Gasteiger partial charge in [0, 0.05) is 42.2 Å². The number of rotatable bonds is 3. The van der Waals surface area contributed by atoms with Crippen molar-refractivity contribution in [3.63, 3.8) is 0 Å². The Bertz CT molecular complexity index is 1010. The van der Waals surface area contributed by atoms with Crippen molar-refractivity contribution in [3.8, 4) is 11.3 Å². The summed E-state index contributed by atoms with van der Waals surface area (Å²) in [7, 11) is 0. The molecular formula is C17H19N7. The molecule has 0 saturated heterocycles. The maximum atomic E-state index is 4.63. The standard InChI is InChI=1S/C17H19N7/c1-17(2,3)10-20-16-19-9-12-11(8-18-15(12)23-16)13-5-7-24-14(22-13)4-6-21-24/h4-9H,10H2,1-3H3,(H2,18,19,20,23). The molecule has 4 heterocycles. The molecule has 0 bridgehead atoms. The lowest BCUT2D eigenvalue weighted by atomic mass is 9.97. The van der Waals surface area contributed by atoms with Crippen molar-refractivity contribution in [2.75, 3.05) is 11.9 Å². The minimum absolute atomic E-state index is 0.170. The number of anilines is 1. The van der Waals surface area contributed by atoms with Crippen LogP contribution < -0.4 is 5.32 Å². The van der Waals surface area contributed by atoms with Crippen LogP contribution in [0.25, 0.3) is 27.9 Å². The van der Waals surface area contributed by atoms with E-state index in [2.05, 4.69) is 51.1 Å². The third-order valence-corrected chi connectivity index (χ3v) is 3.74. The van der Waals surface area contributed by atoms with Gasteiger partial charge in [-0.3, -0.25) is 0 Å². The van der Waals surface area contributed by atoms with Crippen LogP contribution >= 0.6 is 0 Å². The van der Waals surface area contributed by atoms with E-state index in [9.17, 15) is 0 Å². The summed E-state index contributed by atoms with van der Waals surface area (Å²) in [5.41, 5.74) is 3.63. The second-order valence-corrected chi connectivity index (χ2v) is 7.02. The number of hydrogen-bond donors (Lipinski definition) is 2. The lowest BCUT2D eigenvalue weighted by Crippen LogP contribution is -2.20. The number of fused-ring (bicyclic) bond motifs is 2. The van der Waals surface area contributed by atoms with Gasteiger partial charge in [-0.15, -0.1) is 0 Å². The summed E-state index contributed by atoms with van der Waals surface area (Å²) >= 11 is 0. The van der Waals surface area contributed by atoms with E-state index in [4.69, 9.17) is 0 Å². The Morgan fingerprint density at radius 3 is 2.92 bits per heavy atom. The van der Waals surface area contributed by atoms with Gasteiger partial charge in [0.2, 0.25) is 5.95 Å². The van der Waals surface area contributed by atoms with E-state index < -0.39 is 0 Å². The second-order valence-electron chi connectivity index (χ2n) is 7.02. The van der Waals surface area contributed by atoms with E-state index in [-0.39, 0.29) is 5.41 Å². The van der Waals surface area contributed by atoms with E-state index >= 15 is 0 Å². The van der Waals surface area contributed by atoms with Crippen LogP contribution in [-0.4, -0.2) is 36.1 Å². The minimum Gasteiger partial charge on any atom is -0.354 e. The zero-order valence-electron chi connectivity index (χ0n) is 13.9. The summed E-state index contributed by atoms with van der Waals surface area (Å²) in [6, 6.07) is 3.82. The molecule has 0 saturated carbocycles. The highest BCUT2D eigenvalue weighted by Gasteiger charge is 2.13. The van der Waals surface area contributed by atoms with Crippen molar-refractivity contribution in [1.29, 1.82) is 0 Å². The number of H-pyrrole nitrogens is 1. The average Bonchev–Trinajstić information content (AvgIpc) is 3.17. The molecule has 4 rings (SSSR count). The van der Waals surface area contributed by atoms with Crippen LogP contribution in [0, 0.1) is 5.41 Å². The van der Waals surface area contributed by atoms with Gasteiger partial charge in [-0.25, -0.2) is 14.5 Å². The Morgan fingerprint density at radius 1 is 1.21 bits per heavy atom. The lowest BCUT2D eigenvalue weighted by Gasteiger charge is -2.18. The molecule has 0 aliphatic carbocycles. The molecule has 7 nitrogen and oxygen atoms in total. The number of hydrogen-bond acceptors (Lipinski definition) is 5. The molecule has 0 spiro atoms. The molecule has 24 heavy (non-hydrogen) atoms. The molecule has 4 aromatic rings. The summed E-state index contributed by atoms with van der Waals surface area (Å²) in [5, 5.41) is 8.40. The predicted octanol–water partition coefficient (Wildman–Crippen LogP) is 3.13. The first-order valence-corrected chi connectivity index (χ1v) is 7.88. The van der Waals surface area contributed by atoms with E-state index in [0.29, 0.717) is 5.95 Å². The van der Waals surface area contributed by atoms with Crippen LogP contribution in [0.2, 0.25) is 0 Å². The summed E-state index contributed by atoms with van der Waals surface area (Å²) in [6.45, 7) is 7.32. The van der Waals surface area contributed by atoms with Crippen molar-refractivity contribution in [1.82, 2.24) is 29.5 Å². The number of nitrogens with one attached hydrogen (secondary N) is 2. The van der Waals surface area contributed by atoms with Gasteiger partial charge in [0.05, 0.1) is 11.9 Å². The summed E-state index contributed by atoms with van der Waals surface area (Å²) in [4.78, 5) is 16.8. The number of nitrogens with zero attached hydrogens (tertiary/aromatic N) is 5. The normalized spacial score (nSPS) is 12.1. The number of aromatic amines is 1. The zero-order chi connectivity index (χ0) is 16.7. The molecule has 0 amide bonds. The Kier molecular flexibility index (Phi) is 3.23. The first-order valence-electron chi connectivity index (χ1n) is 7.88. The fourth-order valence-corrected chi connectivity index (χ4v) is 2.51. The van der Waals surface area contributed by atoms with Crippen LogP contribution in [0.5, 0.6) is 0 Å². The van der Waals surface area contributed by atoms with Crippen molar-refractivity contribution in [3.05, 3.63) is 36.9 Å². The Hall–Kier alpha value is -2.96. The topological polar surface area (TPSA) is 83.8 Å². The van der Waals surface area contributed by atoms with Gasteiger partial charge in [0.15, 0.2) is 5.65 Å². The van der Waals surface area contributed by atoms with E-state index in [1.165, 1.54) is 0 Å². The maximum absolute atomic E-state index is 4.63. The van der Waals surface area contributed by atoms with E-state index in [0.717, 1.165) is 34.5 Å². The monoisotopic (exact) mass is 321 g/mol. The molecule has 0 atom stereocenters. The van der Waals surface area contributed by atoms with Crippen LogP contribution in [-0.2, 0) is 0 Å². The zero-order valence-corrected chi connectivity index (χ0v) is 13.9. The lowest BCUT2D eigenvalue weighted by molar-refractivity contribution is 0.442. The first-order chi connectivity index (χ1) is 11.5. The molecule has 0 fully saturated rings. The van der Waals surface area contributed by atoms with Crippen molar-refractivity contribution < 1.29 is 0 Å².